The van der Waals surface area contributed by atoms with Gasteiger partial charge in [-0.1, -0.05) is 13.3 Å². The van der Waals surface area contributed by atoms with Crippen LogP contribution in [0.5, 0.6) is 0 Å². The molecule has 0 radical (unpaired) electrons. The smallest absolute Gasteiger partial charge is 0.246 e. The molecule has 0 aliphatic rings. The van der Waals surface area contributed by atoms with E-state index in [0.717, 1.165) is 18.9 Å². The number of nitrogens with one attached hydrogen (secondary N) is 1. The van der Waals surface area contributed by atoms with Crippen molar-refractivity contribution in [3.63, 3.8) is 0 Å². The summed E-state index contributed by atoms with van der Waals surface area (Å²) < 4.78 is 5.91. The van der Waals surface area contributed by atoms with Gasteiger partial charge in [0.05, 0.1) is 5.60 Å². The van der Waals surface area contributed by atoms with Crippen molar-refractivity contribution < 1.29 is 19.1 Å². The first-order valence-electron chi connectivity index (χ1n) is 8.85. The minimum Gasteiger partial charge on any atom is -0.375 e. The van der Waals surface area contributed by atoms with Crippen LogP contribution in [0.25, 0.3) is 0 Å². The number of rotatable bonds is 12. The van der Waals surface area contributed by atoms with Gasteiger partial charge in [0.1, 0.15) is 6.29 Å². The molecular formula is C19H34N2O4. The molecule has 0 aromatic rings. The molecule has 0 saturated carbocycles. The molecular weight excluding hydrogens is 320 g/mol. The van der Waals surface area contributed by atoms with E-state index >= 15 is 0 Å². The fourth-order valence-corrected chi connectivity index (χ4v) is 2.39. The molecule has 0 rings (SSSR count). The van der Waals surface area contributed by atoms with Crippen LogP contribution >= 0.6 is 0 Å². The van der Waals surface area contributed by atoms with Gasteiger partial charge in [-0.15, -0.1) is 0 Å². The molecule has 0 aromatic carbocycles. The first-order chi connectivity index (χ1) is 11.5. The molecule has 0 bridgehead atoms. The van der Waals surface area contributed by atoms with Crippen LogP contribution < -0.4 is 5.32 Å². The topological polar surface area (TPSA) is 75.7 Å². The fourth-order valence-electron chi connectivity index (χ4n) is 2.39. The average molecular weight is 354 g/mol. The molecule has 144 valence electrons. The third kappa shape index (κ3) is 11.5. The molecule has 0 spiro atoms. The number of aldehydes is 1. The van der Waals surface area contributed by atoms with E-state index in [-0.39, 0.29) is 29.4 Å². The summed E-state index contributed by atoms with van der Waals surface area (Å²) in [4.78, 5) is 35.3. The molecule has 6 heteroatoms. The predicted octanol–water partition coefficient (Wildman–Crippen LogP) is 2.47. The minimum atomic E-state index is -0.376. The lowest BCUT2D eigenvalue weighted by Gasteiger charge is -2.30. The van der Waals surface area contributed by atoms with E-state index in [0.29, 0.717) is 25.9 Å². The fraction of sp³-hybridized carbons (Fsp3) is 0.737. The number of hydrogen-bond acceptors (Lipinski definition) is 4. The molecule has 0 unspecified atom stereocenters. The predicted molar refractivity (Wildman–Crippen MR) is 99.2 cm³/mol. The Morgan fingerprint density at radius 3 is 2.36 bits per heavy atom. The van der Waals surface area contributed by atoms with E-state index in [1.54, 1.807) is 7.05 Å². The van der Waals surface area contributed by atoms with Crippen LogP contribution in [0.3, 0.4) is 0 Å². The van der Waals surface area contributed by atoms with Gasteiger partial charge in [-0.2, -0.15) is 0 Å². The molecule has 0 saturated heterocycles. The Labute approximate surface area is 152 Å². The number of carbonyl (C=O) groups excluding carboxylic acids is 3. The van der Waals surface area contributed by atoms with Gasteiger partial charge in [-0.3, -0.25) is 14.4 Å². The van der Waals surface area contributed by atoms with Gasteiger partial charge in [-0.05, 0) is 46.6 Å². The Hall–Kier alpha value is -1.69. The number of hydrogen-bond donors (Lipinski definition) is 1. The standard InChI is InChI=1S/C19H34N2O4/c1-7-11-19(4,5)25-15-12-18(2,3)20-16(23)10-13-21(6)17(24)9-8-14-22/h8-9,14H,7,10-13,15H2,1-6H3,(H,20,23)/b9-8-. The zero-order chi connectivity index (χ0) is 19.5. The number of ether oxygens (including phenoxy) is 1. The molecule has 0 fully saturated rings. The highest BCUT2D eigenvalue weighted by atomic mass is 16.5. The van der Waals surface area contributed by atoms with Crippen molar-refractivity contribution in [1.29, 1.82) is 0 Å². The number of nitrogens with zero attached hydrogens (tertiary/aromatic N) is 1. The normalized spacial score (nSPS) is 12.2. The Morgan fingerprint density at radius 1 is 1.16 bits per heavy atom. The molecule has 2 amide bonds. The number of likely N-dealkylation sites (N-methyl/N-ethyl adjacent to an activating group) is 1. The first kappa shape index (κ1) is 23.3. The van der Waals surface area contributed by atoms with Gasteiger partial charge in [-0.25, -0.2) is 0 Å². The molecule has 0 heterocycles. The molecule has 25 heavy (non-hydrogen) atoms. The summed E-state index contributed by atoms with van der Waals surface area (Å²) in [5.41, 5.74) is -0.522. The van der Waals surface area contributed by atoms with Crippen molar-refractivity contribution in [2.45, 2.75) is 71.4 Å². The van der Waals surface area contributed by atoms with Crippen molar-refractivity contribution in [2.24, 2.45) is 0 Å². The first-order valence-corrected chi connectivity index (χ1v) is 8.85. The highest BCUT2D eigenvalue weighted by Crippen LogP contribution is 2.18. The van der Waals surface area contributed by atoms with Gasteiger partial charge in [0.25, 0.3) is 0 Å². The summed E-state index contributed by atoms with van der Waals surface area (Å²) >= 11 is 0. The van der Waals surface area contributed by atoms with Gasteiger partial charge in [0, 0.05) is 38.2 Å². The SMILES string of the molecule is CCCC(C)(C)OCCC(C)(C)NC(=O)CCN(C)C(=O)/C=C\C=O. The van der Waals surface area contributed by atoms with Crippen LogP contribution in [0.15, 0.2) is 12.2 Å². The second kappa shape index (κ2) is 11.0. The van der Waals surface area contributed by atoms with Crippen molar-refractivity contribution in [3.8, 4) is 0 Å². The highest BCUT2D eigenvalue weighted by Gasteiger charge is 2.23. The van der Waals surface area contributed by atoms with E-state index in [1.807, 2.05) is 13.8 Å². The Balaban J connectivity index is 4.23. The summed E-state index contributed by atoms with van der Waals surface area (Å²) in [5, 5.41) is 2.98. The monoisotopic (exact) mass is 354 g/mol. The molecule has 0 aliphatic heterocycles. The molecule has 1 N–H and O–H groups in total. The quantitative estimate of drug-likeness (QED) is 0.431. The van der Waals surface area contributed by atoms with Crippen LogP contribution in [0.4, 0.5) is 0 Å². The Morgan fingerprint density at radius 2 is 1.80 bits per heavy atom. The summed E-state index contributed by atoms with van der Waals surface area (Å²) in [6.45, 7) is 11.1. The Kier molecular flexibility index (Phi) is 10.3. The molecule has 0 aromatic heterocycles. The number of carbonyl (C=O) groups is 3. The lowest BCUT2D eigenvalue weighted by Crippen LogP contribution is -2.45. The third-order valence-electron chi connectivity index (χ3n) is 3.92. The van der Waals surface area contributed by atoms with E-state index < -0.39 is 0 Å². The second-order valence-corrected chi connectivity index (χ2v) is 7.55. The zero-order valence-electron chi connectivity index (χ0n) is 16.6. The van der Waals surface area contributed by atoms with Crippen LogP contribution in [-0.4, -0.2) is 54.3 Å². The van der Waals surface area contributed by atoms with Gasteiger partial charge in [0.15, 0.2) is 0 Å². The second-order valence-electron chi connectivity index (χ2n) is 7.55. The van der Waals surface area contributed by atoms with Crippen LogP contribution in [0.1, 0.15) is 60.3 Å². The minimum absolute atomic E-state index is 0.114. The number of amides is 2. The summed E-state index contributed by atoms with van der Waals surface area (Å²) in [6, 6.07) is 0. The molecule has 6 nitrogen and oxygen atoms in total. The summed E-state index contributed by atoms with van der Waals surface area (Å²) in [7, 11) is 1.60. The maximum Gasteiger partial charge on any atom is 0.246 e. The largest absolute Gasteiger partial charge is 0.375 e. The zero-order valence-corrected chi connectivity index (χ0v) is 16.6. The van der Waals surface area contributed by atoms with Crippen molar-refractivity contribution in [3.05, 3.63) is 12.2 Å². The van der Waals surface area contributed by atoms with Gasteiger partial charge in [0.2, 0.25) is 11.8 Å². The lowest BCUT2D eigenvalue weighted by atomic mass is 10.00. The van der Waals surface area contributed by atoms with Gasteiger partial charge < -0.3 is 15.0 Å². The van der Waals surface area contributed by atoms with E-state index in [9.17, 15) is 14.4 Å². The number of allylic oxidation sites excluding steroid dienone is 1. The van der Waals surface area contributed by atoms with Gasteiger partial charge >= 0.3 is 0 Å². The van der Waals surface area contributed by atoms with Crippen molar-refractivity contribution in [1.82, 2.24) is 10.2 Å². The van der Waals surface area contributed by atoms with E-state index in [2.05, 4.69) is 26.1 Å². The van der Waals surface area contributed by atoms with Crippen molar-refractivity contribution >= 4 is 18.1 Å². The van der Waals surface area contributed by atoms with Crippen LogP contribution in [0, 0.1) is 0 Å². The van der Waals surface area contributed by atoms with E-state index in [1.165, 1.54) is 11.0 Å². The summed E-state index contributed by atoms with van der Waals surface area (Å²) in [5.74, 6) is -0.414. The molecule has 0 atom stereocenters. The maximum absolute atomic E-state index is 12.1. The van der Waals surface area contributed by atoms with Crippen molar-refractivity contribution in [2.75, 3.05) is 20.2 Å². The average Bonchev–Trinajstić information content (AvgIpc) is 2.49. The summed E-state index contributed by atoms with van der Waals surface area (Å²) in [6.07, 6.45) is 5.86. The lowest BCUT2D eigenvalue weighted by molar-refractivity contribution is -0.126. The van der Waals surface area contributed by atoms with E-state index in [4.69, 9.17) is 4.74 Å². The van der Waals surface area contributed by atoms with Crippen LogP contribution in [0.2, 0.25) is 0 Å². The third-order valence-corrected chi connectivity index (χ3v) is 3.92. The highest BCUT2D eigenvalue weighted by molar-refractivity contribution is 5.91. The maximum atomic E-state index is 12.1. The van der Waals surface area contributed by atoms with Crippen LogP contribution in [-0.2, 0) is 19.1 Å². The Bertz CT molecular complexity index is 470. The molecule has 0 aliphatic carbocycles.